The van der Waals surface area contributed by atoms with E-state index in [2.05, 4.69) is 88.2 Å². The van der Waals surface area contributed by atoms with Crippen molar-refractivity contribution in [3.8, 4) is 11.2 Å². The molecular weight excluding hydrogens is 400 g/mol. The third kappa shape index (κ3) is 5.54. The number of thiocyanates is 1. The minimum atomic E-state index is -0.163. The molecule has 2 aromatic carbocycles. The summed E-state index contributed by atoms with van der Waals surface area (Å²) in [5.41, 5.74) is 5.12. The number of thioether (sulfide) groups is 1. The van der Waals surface area contributed by atoms with Crippen LogP contribution in [0, 0.1) is 10.7 Å². The van der Waals surface area contributed by atoms with Gasteiger partial charge < -0.3 is 9.67 Å². The summed E-state index contributed by atoms with van der Waals surface area (Å²) in [6.07, 6.45) is 4.93. The van der Waals surface area contributed by atoms with Crippen LogP contribution in [0.3, 0.4) is 0 Å². The third-order valence-electron chi connectivity index (χ3n) is 5.47. The van der Waals surface area contributed by atoms with Gasteiger partial charge in [-0.15, -0.1) is 0 Å². The molecule has 0 spiro atoms. The van der Waals surface area contributed by atoms with Gasteiger partial charge in [-0.05, 0) is 50.4 Å². The van der Waals surface area contributed by atoms with Gasteiger partial charge in [0.1, 0.15) is 11.2 Å². The van der Waals surface area contributed by atoms with Gasteiger partial charge in [-0.3, -0.25) is 0 Å². The zero-order valence-corrected chi connectivity index (χ0v) is 20.2. The van der Waals surface area contributed by atoms with Gasteiger partial charge in [0.05, 0.1) is 0 Å². The molecule has 3 rings (SSSR count). The van der Waals surface area contributed by atoms with E-state index in [4.69, 9.17) is 0 Å². The van der Waals surface area contributed by atoms with Gasteiger partial charge in [0.2, 0.25) is 0 Å². The van der Waals surface area contributed by atoms with Crippen LogP contribution < -0.4 is 0 Å². The number of rotatable bonds is 5. The number of benzene rings is 2. The highest BCUT2D eigenvalue weighted by molar-refractivity contribution is 8.03. The summed E-state index contributed by atoms with van der Waals surface area (Å²) in [6, 6.07) is 14.6. The van der Waals surface area contributed by atoms with E-state index in [0.717, 1.165) is 40.1 Å². The van der Waals surface area contributed by atoms with Crippen LogP contribution in [0.2, 0.25) is 0 Å². The SMILES string of the molecule is CC(C)(C)c1cc(Cc2cn(Cc3ccccc3)cc2SC#N)cc(C(C)(C)C)c1O. The normalized spacial score (nSPS) is 12.0. The molecule has 3 nitrogen and oxygen atoms in total. The fourth-order valence-electron chi connectivity index (χ4n) is 3.85. The first-order valence-corrected chi connectivity index (χ1v) is 11.5. The van der Waals surface area contributed by atoms with Crippen molar-refractivity contribution >= 4 is 11.8 Å². The molecule has 0 aliphatic carbocycles. The number of hydrogen-bond acceptors (Lipinski definition) is 3. The smallest absolute Gasteiger partial charge is 0.138 e. The lowest BCUT2D eigenvalue weighted by atomic mass is 9.78. The predicted octanol–water partition coefficient (Wildman–Crippen LogP) is 7.00. The molecule has 0 amide bonds. The molecule has 1 N–H and O–H groups in total. The Kier molecular flexibility index (Phi) is 6.57. The van der Waals surface area contributed by atoms with E-state index in [1.807, 2.05) is 18.2 Å². The maximum atomic E-state index is 11.0. The second-order valence-corrected chi connectivity index (χ2v) is 11.0. The molecule has 1 heterocycles. The number of nitrogens with zero attached hydrogens (tertiary/aromatic N) is 2. The summed E-state index contributed by atoms with van der Waals surface area (Å²) in [4.78, 5) is 0.987. The molecule has 0 aliphatic rings. The van der Waals surface area contributed by atoms with Crippen molar-refractivity contribution in [3.63, 3.8) is 0 Å². The Morgan fingerprint density at radius 3 is 2.00 bits per heavy atom. The third-order valence-corrected chi connectivity index (χ3v) is 6.14. The molecule has 1 aromatic heterocycles. The Morgan fingerprint density at radius 2 is 1.48 bits per heavy atom. The minimum absolute atomic E-state index is 0.163. The average molecular weight is 433 g/mol. The Bertz CT molecular complexity index is 1060. The van der Waals surface area contributed by atoms with Crippen molar-refractivity contribution in [1.29, 1.82) is 5.26 Å². The average Bonchev–Trinajstić information content (AvgIpc) is 3.03. The lowest BCUT2D eigenvalue weighted by Gasteiger charge is -2.28. The van der Waals surface area contributed by atoms with Crippen molar-refractivity contribution in [1.82, 2.24) is 4.57 Å². The summed E-state index contributed by atoms with van der Waals surface area (Å²) < 4.78 is 2.15. The van der Waals surface area contributed by atoms with E-state index in [9.17, 15) is 10.4 Å². The predicted molar refractivity (Wildman–Crippen MR) is 130 cm³/mol. The van der Waals surface area contributed by atoms with Gasteiger partial charge in [-0.2, -0.15) is 5.26 Å². The molecule has 0 bridgehead atoms. The van der Waals surface area contributed by atoms with Crippen molar-refractivity contribution < 1.29 is 5.11 Å². The fourth-order valence-corrected chi connectivity index (χ4v) is 4.40. The highest BCUT2D eigenvalue weighted by Gasteiger charge is 2.26. The summed E-state index contributed by atoms with van der Waals surface area (Å²) in [5, 5.41) is 22.6. The van der Waals surface area contributed by atoms with Crippen LogP contribution in [0.5, 0.6) is 5.75 Å². The second kappa shape index (κ2) is 8.85. The van der Waals surface area contributed by atoms with Gasteiger partial charge in [0, 0.05) is 30.3 Å². The van der Waals surface area contributed by atoms with Crippen LogP contribution in [0.4, 0.5) is 0 Å². The van der Waals surface area contributed by atoms with Gasteiger partial charge >= 0.3 is 0 Å². The summed E-state index contributed by atoms with van der Waals surface area (Å²) in [6.45, 7) is 13.6. The molecule has 3 aromatic rings. The first-order chi connectivity index (χ1) is 14.5. The molecule has 4 heteroatoms. The van der Waals surface area contributed by atoms with Gasteiger partial charge in [-0.1, -0.05) is 84.0 Å². The minimum Gasteiger partial charge on any atom is -0.507 e. The van der Waals surface area contributed by atoms with E-state index >= 15 is 0 Å². The van der Waals surface area contributed by atoms with Crippen LogP contribution in [-0.2, 0) is 23.8 Å². The lowest BCUT2D eigenvalue weighted by Crippen LogP contribution is -2.18. The molecule has 0 unspecified atom stereocenters. The Hall–Kier alpha value is -2.64. The van der Waals surface area contributed by atoms with E-state index in [1.54, 1.807) is 0 Å². The van der Waals surface area contributed by atoms with Crippen LogP contribution in [0.25, 0.3) is 0 Å². The van der Waals surface area contributed by atoms with Crippen LogP contribution in [0.1, 0.15) is 69.4 Å². The Morgan fingerprint density at radius 1 is 0.903 bits per heavy atom. The molecule has 0 radical (unpaired) electrons. The van der Waals surface area contributed by atoms with Crippen LogP contribution in [-0.4, -0.2) is 9.67 Å². The number of phenols is 1. The summed E-state index contributed by atoms with van der Waals surface area (Å²) >= 11 is 1.21. The number of phenolic OH excluding ortho intramolecular Hbond substituents is 1. The van der Waals surface area contributed by atoms with E-state index in [0.29, 0.717) is 5.75 Å². The molecule has 0 atom stereocenters. The van der Waals surface area contributed by atoms with E-state index in [1.165, 1.54) is 17.3 Å². The van der Waals surface area contributed by atoms with Crippen molar-refractivity contribution in [2.45, 2.75) is 70.2 Å². The van der Waals surface area contributed by atoms with Crippen molar-refractivity contribution in [3.05, 3.63) is 82.7 Å². The number of nitriles is 1. The maximum absolute atomic E-state index is 11.0. The summed E-state index contributed by atoms with van der Waals surface area (Å²) in [7, 11) is 0. The van der Waals surface area contributed by atoms with E-state index in [-0.39, 0.29) is 10.8 Å². The quantitative estimate of drug-likeness (QED) is 0.349. The Balaban J connectivity index is 2.02. The largest absolute Gasteiger partial charge is 0.507 e. The zero-order chi connectivity index (χ0) is 22.8. The van der Waals surface area contributed by atoms with Crippen molar-refractivity contribution in [2.75, 3.05) is 0 Å². The van der Waals surface area contributed by atoms with Crippen LogP contribution in [0.15, 0.2) is 59.8 Å². The molecule has 0 saturated carbocycles. The monoisotopic (exact) mass is 432 g/mol. The van der Waals surface area contributed by atoms with E-state index < -0.39 is 0 Å². The molecule has 0 fully saturated rings. The molecule has 0 saturated heterocycles. The maximum Gasteiger partial charge on any atom is 0.138 e. The van der Waals surface area contributed by atoms with Gasteiger partial charge in [-0.25, -0.2) is 0 Å². The lowest BCUT2D eigenvalue weighted by molar-refractivity contribution is 0.423. The van der Waals surface area contributed by atoms with Crippen LogP contribution >= 0.6 is 11.8 Å². The number of aromatic nitrogens is 1. The first kappa shape index (κ1) is 23.0. The Labute approximate surface area is 190 Å². The fraction of sp³-hybridized carbons (Fsp3) is 0.370. The molecule has 162 valence electrons. The molecular formula is C27H32N2OS. The summed E-state index contributed by atoms with van der Waals surface area (Å²) in [5.74, 6) is 0.400. The molecule has 31 heavy (non-hydrogen) atoms. The van der Waals surface area contributed by atoms with Gasteiger partial charge in [0.25, 0.3) is 0 Å². The van der Waals surface area contributed by atoms with Crippen molar-refractivity contribution in [2.24, 2.45) is 0 Å². The molecule has 0 aliphatic heterocycles. The van der Waals surface area contributed by atoms with Gasteiger partial charge in [0.15, 0.2) is 0 Å². The topological polar surface area (TPSA) is 49.0 Å². The number of aromatic hydroxyl groups is 1. The second-order valence-electron chi connectivity index (χ2n) is 10.2. The number of hydrogen-bond donors (Lipinski definition) is 1. The standard InChI is InChI=1S/C27H32N2OS/c1-26(2,3)22-13-20(14-23(25(22)30)27(4,5)6)12-21-16-29(17-24(21)31-18-28)15-19-10-8-7-9-11-19/h7-11,13-14,16-17,30H,12,15H2,1-6H3. The zero-order valence-electron chi connectivity index (χ0n) is 19.4. The first-order valence-electron chi connectivity index (χ1n) is 10.6. The highest BCUT2D eigenvalue weighted by atomic mass is 32.2. The highest BCUT2D eigenvalue weighted by Crippen LogP contribution is 2.40.